The Balaban J connectivity index is 1.89. The van der Waals surface area contributed by atoms with Crippen molar-refractivity contribution in [1.82, 2.24) is 15.0 Å². The van der Waals surface area contributed by atoms with E-state index in [9.17, 15) is 0 Å². The number of methoxy groups -OCH3 is 1. The van der Waals surface area contributed by atoms with Crippen molar-refractivity contribution in [3.05, 3.63) is 47.2 Å². The van der Waals surface area contributed by atoms with Crippen LogP contribution in [0.2, 0.25) is 0 Å². The predicted molar refractivity (Wildman–Crippen MR) is 103 cm³/mol. The molecular formula is C21H26N4O. The van der Waals surface area contributed by atoms with Gasteiger partial charge in [0.05, 0.1) is 17.4 Å². The summed E-state index contributed by atoms with van der Waals surface area (Å²) in [7, 11) is 1.79. The lowest BCUT2D eigenvalue weighted by Crippen LogP contribution is -2.37. The zero-order chi connectivity index (χ0) is 18.4. The molecule has 0 unspecified atom stereocenters. The van der Waals surface area contributed by atoms with Gasteiger partial charge in [-0.05, 0) is 37.8 Å². The molecule has 1 aliphatic rings. The third-order valence-corrected chi connectivity index (χ3v) is 4.83. The van der Waals surface area contributed by atoms with Crippen molar-refractivity contribution >= 4 is 5.82 Å². The molecule has 0 amide bonds. The van der Waals surface area contributed by atoms with Crippen molar-refractivity contribution in [1.29, 1.82) is 0 Å². The van der Waals surface area contributed by atoms with Gasteiger partial charge in [0.1, 0.15) is 12.1 Å². The summed E-state index contributed by atoms with van der Waals surface area (Å²) in [4.78, 5) is 15.7. The van der Waals surface area contributed by atoms with Crippen LogP contribution in [-0.2, 0) is 17.6 Å². The maximum Gasteiger partial charge on any atom is 0.148 e. The van der Waals surface area contributed by atoms with E-state index in [1.807, 2.05) is 18.3 Å². The van der Waals surface area contributed by atoms with Crippen LogP contribution in [0.5, 0.6) is 0 Å². The fraction of sp³-hybridized carbons (Fsp3) is 0.476. The van der Waals surface area contributed by atoms with Crippen molar-refractivity contribution in [2.24, 2.45) is 0 Å². The van der Waals surface area contributed by atoms with E-state index in [0.717, 1.165) is 67.1 Å². The smallest absolute Gasteiger partial charge is 0.148 e. The largest absolute Gasteiger partial charge is 0.381 e. The topological polar surface area (TPSA) is 51.1 Å². The minimum absolute atomic E-state index is 0.344. The summed E-state index contributed by atoms with van der Waals surface area (Å²) in [6.45, 7) is 6.06. The van der Waals surface area contributed by atoms with Crippen LogP contribution in [0.3, 0.4) is 0 Å². The summed E-state index contributed by atoms with van der Waals surface area (Å²) in [6.07, 6.45) is 7.62. The molecule has 5 nitrogen and oxygen atoms in total. The van der Waals surface area contributed by atoms with E-state index in [0.29, 0.717) is 6.10 Å². The molecule has 2 aromatic heterocycles. The highest BCUT2D eigenvalue weighted by atomic mass is 16.5. The third kappa shape index (κ3) is 4.20. The number of hydrogen-bond donors (Lipinski definition) is 0. The third-order valence-electron chi connectivity index (χ3n) is 4.83. The molecule has 0 bridgehead atoms. The van der Waals surface area contributed by atoms with Crippen LogP contribution >= 0.6 is 0 Å². The number of rotatable bonds is 4. The number of pyridine rings is 1. The molecule has 5 heteroatoms. The monoisotopic (exact) mass is 350 g/mol. The highest BCUT2D eigenvalue weighted by Gasteiger charge is 2.22. The second-order valence-corrected chi connectivity index (χ2v) is 6.44. The molecule has 3 heterocycles. The van der Waals surface area contributed by atoms with Crippen molar-refractivity contribution in [3.63, 3.8) is 0 Å². The Bertz CT molecular complexity index is 784. The first-order valence-corrected chi connectivity index (χ1v) is 9.33. The van der Waals surface area contributed by atoms with Crippen molar-refractivity contribution in [2.75, 3.05) is 25.1 Å². The zero-order valence-electron chi connectivity index (χ0n) is 15.8. The van der Waals surface area contributed by atoms with Crippen LogP contribution in [0.25, 0.3) is 0 Å². The molecule has 0 spiro atoms. The number of hydrogen-bond acceptors (Lipinski definition) is 5. The number of piperidine rings is 1. The number of nitrogens with zero attached hydrogens (tertiary/aromatic N) is 4. The number of anilines is 1. The lowest BCUT2D eigenvalue weighted by molar-refractivity contribution is 0.0818. The van der Waals surface area contributed by atoms with Gasteiger partial charge in [0.25, 0.3) is 0 Å². The van der Waals surface area contributed by atoms with E-state index >= 15 is 0 Å². The number of aryl methyl sites for hydroxylation is 2. The fourth-order valence-electron chi connectivity index (χ4n) is 3.19. The van der Waals surface area contributed by atoms with Crippen LogP contribution in [0.15, 0.2) is 24.7 Å². The molecule has 0 radical (unpaired) electrons. The molecular weight excluding hydrogens is 324 g/mol. The van der Waals surface area contributed by atoms with Gasteiger partial charge in [-0.3, -0.25) is 4.98 Å². The first kappa shape index (κ1) is 18.3. The number of aromatic nitrogens is 3. The second kappa shape index (κ2) is 8.77. The predicted octanol–water partition coefficient (Wildman–Crippen LogP) is 3.01. The summed E-state index contributed by atoms with van der Waals surface area (Å²) in [5.74, 6) is 7.51. The fourth-order valence-corrected chi connectivity index (χ4v) is 3.19. The first-order chi connectivity index (χ1) is 12.7. The number of ether oxygens (including phenoxy) is 1. The molecule has 1 saturated heterocycles. The van der Waals surface area contributed by atoms with Gasteiger partial charge in [-0.15, -0.1) is 0 Å². The van der Waals surface area contributed by atoms with Gasteiger partial charge in [0, 0.05) is 37.7 Å². The van der Waals surface area contributed by atoms with E-state index in [4.69, 9.17) is 4.74 Å². The van der Waals surface area contributed by atoms with Gasteiger partial charge in [0.2, 0.25) is 0 Å². The Morgan fingerprint density at radius 3 is 2.50 bits per heavy atom. The maximum absolute atomic E-state index is 5.48. The Labute approximate surface area is 155 Å². The molecule has 26 heavy (non-hydrogen) atoms. The van der Waals surface area contributed by atoms with E-state index < -0.39 is 0 Å². The van der Waals surface area contributed by atoms with E-state index in [1.54, 1.807) is 13.4 Å². The summed E-state index contributed by atoms with van der Waals surface area (Å²) in [6, 6.07) is 4.06. The Hall–Kier alpha value is -2.45. The minimum atomic E-state index is 0.344. The van der Waals surface area contributed by atoms with Gasteiger partial charge >= 0.3 is 0 Å². The molecule has 0 aromatic carbocycles. The Kier molecular flexibility index (Phi) is 6.19. The highest BCUT2D eigenvalue weighted by Crippen LogP contribution is 2.24. The molecule has 0 atom stereocenters. The lowest BCUT2D eigenvalue weighted by Gasteiger charge is -2.32. The molecule has 0 N–H and O–H groups in total. The van der Waals surface area contributed by atoms with E-state index in [-0.39, 0.29) is 0 Å². The van der Waals surface area contributed by atoms with Gasteiger partial charge < -0.3 is 9.64 Å². The van der Waals surface area contributed by atoms with E-state index in [2.05, 4.69) is 45.5 Å². The zero-order valence-corrected chi connectivity index (χ0v) is 15.8. The van der Waals surface area contributed by atoms with Crippen LogP contribution in [0.1, 0.15) is 49.2 Å². The van der Waals surface area contributed by atoms with Crippen LogP contribution in [-0.4, -0.2) is 41.3 Å². The summed E-state index contributed by atoms with van der Waals surface area (Å²) in [5, 5.41) is 0. The van der Waals surface area contributed by atoms with E-state index in [1.165, 1.54) is 0 Å². The molecule has 136 valence electrons. The van der Waals surface area contributed by atoms with Gasteiger partial charge in [-0.1, -0.05) is 25.7 Å². The van der Waals surface area contributed by atoms with Crippen molar-refractivity contribution in [2.45, 2.75) is 45.6 Å². The molecule has 3 rings (SSSR count). The Morgan fingerprint density at radius 2 is 1.88 bits per heavy atom. The summed E-state index contributed by atoms with van der Waals surface area (Å²) >= 11 is 0. The SMILES string of the molecule is CCc1ccc(C#Cc2c(CC)ncnc2N2CCC(OC)CC2)cn1. The van der Waals surface area contributed by atoms with Crippen molar-refractivity contribution in [3.8, 4) is 11.8 Å². The highest BCUT2D eigenvalue weighted by molar-refractivity contribution is 5.59. The first-order valence-electron chi connectivity index (χ1n) is 9.33. The average Bonchev–Trinajstić information content (AvgIpc) is 2.72. The minimum Gasteiger partial charge on any atom is -0.381 e. The van der Waals surface area contributed by atoms with Gasteiger partial charge in [0.15, 0.2) is 0 Å². The molecule has 0 saturated carbocycles. The van der Waals surface area contributed by atoms with Gasteiger partial charge in [-0.25, -0.2) is 9.97 Å². The molecule has 1 aliphatic heterocycles. The molecule has 2 aromatic rings. The van der Waals surface area contributed by atoms with Gasteiger partial charge in [-0.2, -0.15) is 0 Å². The quantitative estimate of drug-likeness (QED) is 0.794. The lowest BCUT2D eigenvalue weighted by atomic mass is 10.1. The normalized spacial score (nSPS) is 14.8. The Morgan fingerprint density at radius 1 is 1.08 bits per heavy atom. The van der Waals surface area contributed by atoms with Crippen LogP contribution in [0, 0.1) is 11.8 Å². The molecule has 0 aliphatic carbocycles. The average molecular weight is 350 g/mol. The molecule has 1 fully saturated rings. The van der Waals surface area contributed by atoms with Crippen molar-refractivity contribution < 1.29 is 4.74 Å². The summed E-state index contributed by atoms with van der Waals surface area (Å²) in [5.41, 5.74) is 3.92. The van der Waals surface area contributed by atoms with Crippen LogP contribution < -0.4 is 4.90 Å². The standard InChI is InChI=1S/C21H26N4O/c1-4-17-8-6-16(14-22-17)7-9-19-20(5-2)23-15-24-21(19)25-12-10-18(26-3)11-13-25/h6,8,14-15,18H,4-5,10-13H2,1-3H3. The summed E-state index contributed by atoms with van der Waals surface area (Å²) < 4.78 is 5.48. The second-order valence-electron chi connectivity index (χ2n) is 6.44. The van der Waals surface area contributed by atoms with Crippen LogP contribution in [0.4, 0.5) is 5.82 Å². The maximum atomic E-state index is 5.48.